The highest BCUT2D eigenvalue weighted by atomic mass is 32.2. The number of ether oxygens (including phenoxy) is 1. The van der Waals surface area contributed by atoms with Crippen molar-refractivity contribution in [2.45, 2.75) is 37.5 Å². The number of fused-ring (bicyclic) bond motifs is 1. The normalized spacial score (nSPS) is 17.7. The molecule has 6 nitrogen and oxygen atoms in total. The molecule has 1 fully saturated rings. The third-order valence-corrected chi connectivity index (χ3v) is 7.42. The molecule has 2 N–H and O–H groups in total. The lowest BCUT2D eigenvalue weighted by Crippen LogP contribution is -2.34. The Morgan fingerprint density at radius 1 is 0.971 bits per heavy atom. The van der Waals surface area contributed by atoms with E-state index in [2.05, 4.69) is 41.2 Å². The molecule has 0 radical (unpaired) electrons. The molecule has 0 unspecified atom stereocenters. The van der Waals surface area contributed by atoms with Gasteiger partial charge in [0, 0.05) is 28.9 Å². The zero-order chi connectivity index (χ0) is 24.6. The van der Waals surface area contributed by atoms with Crippen LogP contribution in [0.5, 0.6) is 0 Å². The Kier molecular flexibility index (Phi) is 8.64. The molecule has 0 atom stereocenters. The maximum absolute atomic E-state index is 13.3. The number of thioether (sulfide) groups is 1. The molecular formula is C28H33N3O3S. The second-order valence-electron chi connectivity index (χ2n) is 9.00. The SMILES string of the molecule is CCOC(=O)NCC1CCC(CNC(=O)c2cc(-c3ccc(SC)cc3)nc3ccccc23)CC1. The van der Waals surface area contributed by atoms with Crippen molar-refractivity contribution in [1.82, 2.24) is 15.6 Å². The van der Waals surface area contributed by atoms with E-state index in [9.17, 15) is 9.59 Å². The van der Waals surface area contributed by atoms with Crippen LogP contribution >= 0.6 is 11.8 Å². The van der Waals surface area contributed by atoms with E-state index in [4.69, 9.17) is 9.72 Å². The molecule has 0 saturated heterocycles. The molecule has 4 rings (SSSR count). The fourth-order valence-electron chi connectivity index (χ4n) is 4.65. The Balaban J connectivity index is 1.39. The number of hydrogen-bond acceptors (Lipinski definition) is 5. The molecule has 0 spiro atoms. The summed E-state index contributed by atoms with van der Waals surface area (Å²) in [4.78, 5) is 30.8. The topological polar surface area (TPSA) is 80.3 Å². The van der Waals surface area contributed by atoms with Gasteiger partial charge in [-0.3, -0.25) is 4.79 Å². The van der Waals surface area contributed by atoms with Gasteiger partial charge in [-0.05, 0) is 75.0 Å². The van der Waals surface area contributed by atoms with Gasteiger partial charge in [-0.2, -0.15) is 0 Å². The third-order valence-electron chi connectivity index (χ3n) is 6.67. The molecule has 1 aliphatic carbocycles. The van der Waals surface area contributed by atoms with Crippen LogP contribution in [0.4, 0.5) is 4.79 Å². The molecule has 0 aliphatic heterocycles. The predicted molar refractivity (Wildman–Crippen MR) is 142 cm³/mol. The Morgan fingerprint density at radius 2 is 1.63 bits per heavy atom. The molecule has 7 heteroatoms. The van der Waals surface area contributed by atoms with Gasteiger partial charge >= 0.3 is 6.09 Å². The minimum atomic E-state index is -0.342. The Morgan fingerprint density at radius 3 is 2.29 bits per heavy atom. The van der Waals surface area contributed by atoms with E-state index >= 15 is 0 Å². The Hall–Kier alpha value is -3.06. The molecule has 0 bridgehead atoms. The summed E-state index contributed by atoms with van der Waals surface area (Å²) >= 11 is 1.70. The highest BCUT2D eigenvalue weighted by Crippen LogP contribution is 2.29. The molecule has 184 valence electrons. The molecule has 2 aromatic carbocycles. The van der Waals surface area contributed by atoms with Crippen LogP contribution in [0, 0.1) is 11.8 Å². The van der Waals surface area contributed by atoms with Crippen molar-refractivity contribution in [2.75, 3.05) is 26.0 Å². The van der Waals surface area contributed by atoms with Crippen LogP contribution < -0.4 is 10.6 Å². The van der Waals surface area contributed by atoms with E-state index in [-0.39, 0.29) is 12.0 Å². The van der Waals surface area contributed by atoms with E-state index in [0.717, 1.165) is 47.8 Å². The first kappa shape index (κ1) is 25.0. The first-order valence-electron chi connectivity index (χ1n) is 12.3. The maximum atomic E-state index is 13.3. The zero-order valence-corrected chi connectivity index (χ0v) is 21.2. The van der Waals surface area contributed by atoms with Gasteiger partial charge in [0.25, 0.3) is 5.91 Å². The first-order valence-corrected chi connectivity index (χ1v) is 13.5. The number of carbonyl (C=O) groups is 2. The fourth-order valence-corrected chi connectivity index (χ4v) is 5.06. The number of hydrogen-bond donors (Lipinski definition) is 2. The molecule has 1 saturated carbocycles. The third kappa shape index (κ3) is 6.54. The molecule has 35 heavy (non-hydrogen) atoms. The molecule has 3 aromatic rings. The Labute approximate surface area is 211 Å². The van der Waals surface area contributed by atoms with Crippen LogP contribution in [0.25, 0.3) is 22.2 Å². The van der Waals surface area contributed by atoms with Crippen LogP contribution in [0.2, 0.25) is 0 Å². The summed E-state index contributed by atoms with van der Waals surface area (Å²) in [7, 11) is 0. The quantitative estimate of drug-likeness (QED) is 0.383. The van der Waals surface area contributed by atoms with Crippen LogP contribution in [0.15, 0.2) is 59.5 Å². The predicted octanol–water partition coefficient (Wildman–Crippen LogP) is 5.91. The lowest BCUT2D eigenvalue weighted by atomic mass is 9.82. The molecular weight excluding hydrogens is 458 g/mol. The van der Waals surface area contributed by atoms with Gasteiger partial charge < -0.3 is 15.4 Å². The summed E-state index contributed by atoms with van der Waals surface area (Å²) < 4.78 is 4.94. The van der Waals surface area contributed by atoms with Crippen molar-refractivity contribution in [1.29, 1.82) is 0 Å². The number of alkyl carbamates (subject to hydrolysis) is 1. The second kappa shape index (κ2) is 12.1. The van der Waals surface area contributed by atoms with Crippen molar-refractivity contribution in [2.24, 2.45) is 11.8 Å². The molecule has 2 amide bonds. The van der Waals surface area contributed by atoms with E-state index in [1.54, 1.807) is 18.7 Å². The van der Waals surface area contributed by atoms with Gasteiger partial charge in [-0.25, -0.2) is 9.78 Å². The standard InChI is InChI=1S/C28H33N3O3S/c1-3-34-28(33)30-18-20-10-8-19(9-11-20)17-29-27(32)24-16-26(21-12-14-22(35-2)15-13-21)31-25-7-5-4-6-23(24)25/h4-7,12-16,19-20H,3,8-11,17-18H2,1-2H3,(H,29,32)(H,30,33). The number of nitrogens with one attached hydrogen (secondary N) is 2. The van der Waals surface area contributed by atoms with Crippen molar-refractivity contribution in [3.8, 4) is 11.3 Å². The van der Waals surface area contributed by atoms with Crippen molar-refractivity contribution in [3.05, 3.63) is 60.2 Å². The number of aromatic nitrogens is 1. The summed E-state index contributed by atoms with van der Waals surface area (Å²) in [6.45, 7) is 3.50. The van der Waals surface area contributed by atoms with Crippen molar-refractivity contribution >= 4 is 34.7 Å². The van der Waals surface area contributed by atoms with Crippen LogP contribution in [-0.4, -0.2) is 42.9 Å². The van der Waals surface area contributed by atoms with E-state index in [0.29, 0.717) is 37.1 Å². The van der Waals surface area contributed by atoms with E-state index < -0.39 is 0 Å². The highest BCUT2D eigenvalue weighted by Gasteiger charge is 2.23. The lowest BCUT2D eigenvalue weighted by Gasteiger charge is -2.28. The molecule has 1 heterocycles. The number of carbonyl (C=O) groups excluding carboxylic acids is 2. The number of pyridine rings is 1. The summed E-state index contributed by atoms with van der Waals surface area (Å²) in [5, 5.41) is 6.89. The minimum Gasteiger partial charge on any atom is -0.450 e. The number of amides is 2. The Bertz CT molecular complexity index is 1160. The smallest absolute Gasteiger partial charge is 0.407 e. The van der Waals surface area contributed by atoms with Crippen molar-refractivity contribution < 1.29 is 14.3 Å². The number of rotatable bonds is 8. The van der Waals surface area contributed by atoms with E-state index in [1.165, 1.54) is 4.90 Å². The number of benzene rings is 2. The number of nitrogens with zero attached hydrogens (tertiary/aromatic N) is 1. The fraction of sp³-hybridized carbons (Fsp3) is 0.393. The summed E-state index contributed by atoms with van der Waals surface area (Å²) in [6.07, 6.45) is 5.88. The van der Waals surface area contributed by atoms with E-state index in [1.807, 2.05) is 30.3 Å². The summed E-state index contributed by atoms with van der Waals surface area (Å²) in [6, 6.07) is 18.0. The number of para-hydroxylation sites is 1. The average molecular weight is 492 g/mol. The lowest BCUT2D eigenvalue weighted by molar-refractivity contribution is 0.0942. The van der Waals surface area contributed by atoms with Gasteiger partial charge in [-0.1, -0.05) is 30.3 Å². The summed E-state index contributed by atoms with van der Waals surface area (Å²) in [5.41, 5.74) is 3.28. The van der Waals surface area contributed by atoms with Gasteiger partial charge in [-0.15, -0.1) is 11.8 Å². The van der Waals surface area contributed by atoms with Gasteiger partial charge in [0.2, 0.25) is 0 Å². The monoisotopic (exact) mass is 491 g/mol. The minimum absolute atomic E-state index is 0.0586. The first-order chi connectivity index (χ1) is 17.1. The van der Waals surface area contributed by atoms with Crippen molar-refractivity contribution in [3.63, 3.8) is 0 Å². The summed E-state index contributed by atoms with van der Waals surface area (Å²) in [5.74, 6) is 0.858. The van der Waals surface area contributed by atoms with Crippen LogP contribution in [0.3, 0.4) is 0 Å². The largest absolute Gasteiger partial charge is 0.450 e. The maximum Gasteiger partial charge on any atom is 0.407 e. The van der Waals surface area contributed by atoms with Gasteiger partial charge in [0.1, 0.15) is 0 Å². The van der Waals surface area contributed by atoms with Gasteiger partial charge in [0.05, 0.1) is 23.4 Å². The molecule has 1 aliphatic rings. The average Bonchev–Trinajstić information content (AvgIpc) is 2.90. The second-order valence-corrected chi connectivity index (χ2v) is 9.88. The molecule has 1 aromatic heterocycles. The zero-order valence-electron chi connectivity index (χ0n) is 20.4. The van der Waals surface area contributed by atoms with Crippen LogP contribution in [0.1, 0.15) is 43.0 Å². The van der Waals surface area contributed by atoms with Gasteiger partial charge in [0.15, 0.2) is 0 Å². The van der Waals surface area contributed by atoms with Crippen LogP contribution in [-0.2, 0) is 4.74 Å². The highest BCUT2D eigenvalue weighted by molar-refractivity contribution is 7.98.